The summed E-state index contributed by atoms with van der Waals surface area (Å²) in [5.41, 5.74) is 4.56. The van der Waals surface area contributed by atoms with E-state index in [0.29, 0.717) is 17.8 Å². The number of rotatable bonds is 3. The van der Waals surface area contributed by atoms with Gasteiger partial charge in [0, 0.05) is 23.4 Å². The number of hydrogen-bond donors (Lipinski definition) is 2. The van der Waals surface area contributed by atoms with Crippen LogP contribution in [0, 0.1) is 21.7 Å². The third-order valence-corrected chi connectivity index (χ3v) is 2.63. The fourth-order valence-electron chi connectivity index (χ4n) is 1.65. The average molecular weight is 293 g/mol. The molecule has 0 radical (unpaired) electrons. The Labute approximate surface area is 117 Å². The van der Waals surface area contributed by atoms with Crippen LogP contribution >= 0.6 is 0 Å². The quantitative estimate of drug-likeness (QED) is 0.516. The summed E-state index contributed by atoms with van der Waals surface area (Å²) in [6.45, 7) is 0. The number of nitro groups is 1. The van der Waals surface area contributed by atoms with Crippen LogP contribution in [-0.2, 0) is 0 Å². The molecule has 0 saturated heterocycles. The van der Waals surface area contributed by atoms with E-state index in [9.17, 15) is 23.7 Å². The van der Waals surface area contributed by atoms with Gasteiger partial charge in [0.2, 0.25) is 5.82 Å². The van der Waals surface area contributed by atoms with Gasteiger partial charge in [-0.25, -0.2) is 4.39 Å². The normalized spacial score (nSPS) is 10.2. The molecule has 0 atom stereocenters. The van der Waals surface area contributed by atoms with Crippen LogP contribution in [0.5, 0.6) is 0 Å². The van der Waals surface area contributed by atoms with Gasteiger partial charge >= 0.3 is 5.69 Å². The molecule has 2 aromatic rings. The highest BCUT2D eigenvalue weighted by Gasteiger charge is 2.20. The van der Waals surface area contributed by atoms with Crippen LogP contribution in [0.2, 0.25) is 0 Å². The molecule has 8 heteroatoms. The second kappa shape index (κ2) is 5.53. The van der Waals surface area contributed by atoms with Crippen molar-refractivity contribution in [3.8, 4) is 0 Å². The highest BCUT2D eigenvalue weighted by molar-refractivity contribution is 6.04. The molecule has 0 aliphatic heterocycles. The van der Waals surface area contributed by atoms with E-state index in [4.69, 9.17) is 5.73 Å². The standard InChI is InChI=1S/C13H9F2N3O3/c14-9-5-10(15)12(18(20)21)6-11(9)17-13(19)7-2-1-3-8(16)4-7/h1-6H,16H2,(H,17,19). The third-order valence-electron chi connectivity index (χ3n) is 2.63. The van der Waals surface area contributed by atoms with E-state index < -0.39 is 33.8 Å². The van der Waals surface area contributed by atoms with E-state index in [1.54, 1.807) is 6.07 Å². The van der Waals surface area contributed by atoms with Crippen LogP contribution in [0.4, 0.5) is 25.8 Å². The Bertz CT molecular complexity index is 735. The maximum absolute atomic E-state index is 13.5. The summed E-state index contributed by atoms with van der Waals surface area (Å²) >= 11 is 0. The SMILES string of the molecule is Nc1cccc(C(=O)Nc2cc([N+](=O)[O-])c(F)cc2F)c1. The maximum Gasteiger partial charge on any atom is 0.307 e. The molecule has 108 valence electrons. The molecule has 1 amide bonds. The predicted molar refractivity (Wildman–Crippen MR) is 71.8 cm³/mol. The fraction of sp³-hybridized carbons (Fsp3) is 0. The van der Waals surface area contributed by atoms with Crippen LogP contribution in [0.3, 0.4) is 0 Å². The van der Waals surface area contributed by atoms with Gasteiger partial charge in [-0.05, 0) is 18.2 Å². The molecule has 0 fully saturated rings. The number of nitrogens with two attached hydrogens (primary N) is 1. The number of halogens is 2. The van der Waals surface area contributed by atoms with E-state index in [-0.39, 0.29) is 5.56 Å². The van der Waals surface area contributed by atoms with Crippen molar-refractivity contribution in [3.05, 3.63) is 63.7 Å². The van der Waals surface area contributed by atoms with Crippen LogP contribution in [0.1, 0.15) is 10.4 Å². The van der Waals surface area contributed by atoms with E-state index in [2.05, 4.69) is 5.32 Å². The van der Waals surface area contributed by atoms with Crippen molar-refractivity contribution >= 4 is 23.0 Å². The largest absolute Gasteiger partial charge is 0.399 e. The number of nitrogen functional groups attached to an aromatic ring is 1. The molecule has 21 heavy (non-hydrogen) atoms. The number of carbonyl (C=O) groups is 1. The molecule has 0 unspecified atom stereocenters. The molecule has 3 N–H and O–H groups in total. The second-order valence-electron chi connectivity index (χ2n) is 4.12. The number of anilines is 2. The molecule has 0 spiro atoms. The van der Waals surface area contributed by atoms with Crippen molar-refractivity contribution in [1.29, 1.82) is 0 Å². The minimum absolute atomic E-state index is 0.140. The van der Waals surface area contributed by atoms with Gasteiger partial charge in [0.1, 0.15) is 5.82 Å². The molecular weight excluding hydrogens is 284 g/mol. The smallest absolute Gasteiger partial charge is 0.307 e. The van der Waals surface area contributed by atoms with Crippen molar-refractivity contribution in [2.75, 3.05) is 11.1 Å². The van der Waals surface area contributed by atoms with Crippen LogP contribution in [0.25, 0.3) is 0 Å². The number of amides is 1. The van der Waals surface area contributed by atoms with Gasteiger partial charge < -0.3 is 11.1 Å². The molecular formula is C13H9F2N3O3. The molecule has 0 aliphatic rings. The Kier molecular flexibility index (Phi) is 3.79. The van der Waals surface area contributed by atoms with E-state index in [0.717, 1.165) is 0 Å². The molecule has 2 rings (SSSR count). The van der Waals surface area contributed by atoms with Gasteiger partial charge in [0.05, 0.1) is 10.6 Å². The van der Waals surface area contributed by atoms with Gasteiger partial charge in [0.25, 0.3) is 5.91 Å². The number of nitro benzene ring substituents is 1. The van der Waals surface area contributed by atoms with E-state index in [1.165, 1.54) is 18.2 Å². The number of carbonyl (C=O) groups excluding carboxylic acids is 1. The molecule has 0 bridgehead atoms. The summed E-state index contributed by atoms with van der Waals surface area (Å²) in [7, 11) is 0. The summed E-state index contributed by atoms with van der Waals surface area (Å²) < 4.78 is 26.7. The second-order valence-corrected chi connectivity index (χ2v) is 4.12. The van der Waals surface area contributed by atoms with Crippen molar-refractivity contribution in [1.82, 2.24) is 0 Å². The monoisotopic (exact) mass is 293 g/mol. The Morgan fingerprint density at radius 2 is 1.90 bits per heavy atom. The van der Waals surface area contributed by atoms with Crippen LogP contribution in [0.15, 0.2) is 36.4 Å². The molecule has 2 aromatic carbocycles. The van der Waals surface area contributed by atoms with Crippen LogP contribution < -0.4 is 11.1 Å². The first-order valence-corrected chi connectivity index (χ1v) is 5.69. The minimum atomic E-state index is -1.32. The zero-order chi connectivity index (χ0) is 15.6. The first kappa shape index (κ1) is 14.4. The maximum atomic E-state index is 13.5. The number of benzene rings is 2. The van der Waals surface area contributed by atoms with E-state index >= 15 is 0 Å². The van der Waals surface area contributed by atoms with Crippen molar-refractivity contribution in [2.45, 2.75) is 0 Å². The zero-order valence-electron chi connectivity index (χ0n) is 10.5. The predicted octanol–water partition coefficient (Wildman–Crippen LogP) is 2.71. The first-order valence-electron chi connectivity index (χ1n) is 5.69. The summed E-state index contributed by atoms with van der Waals surface area (Å²) in [6.07, 6.45) is 0. The fourth-order valence-corrected chi connectivity index (χ4v) is 1.65. The minimum Gasteiger partial charge on any atom is -0.399 e. The van der Waals surface area contributed by atoms with Gasteiger partial charge in [-0.2, -0.15) is 4.39 Å². The highest BCUT2D eigenvalue weighted by atomic mass is 19.1. The van der Waals surface area contributed by atoms with Gasteiger partial charge in [-0.15, -0.1) is 0 Å². The lowest BCUT2D eigenvalue weighted by atomic mass is 10.2. The Morgan fingerprint density at radius 3 is 2.52 bits per heavy atom. The molecule has 0 aliphatic carbocycles. The van der Waals surface area contributed by atoms with Crippen molar-refractivity contribution < 1.29 is 18.5 Å². The average Bonchev–Trinajstić information content (AvgIpc) is 2.41. The highest BCUT2D eigenvalue weighted by Crippen LogP contribution is 2.25. The number of nitrogens with one attached hydrogen (secondary N) is 1. The summed E-state index contributed by atoms with van der Waals surface area (Å²) in [4.78, 5) is 21.5. The molecule has 0 aromatic heterocycles. The lowest BCUT2D eigenvalue weighted by Gasteiger charge is -2.07. The summed E-state index contributed by atoms with van der Waals surface area (Å²) in [5.74, 6) is -3.16. The van der Waals surface area contributed by atoms with Gasteiger partial charge in [0.15, 0.2) is 0 Å². The Hall–Kier alpha value is -3.03. The van der Waals surface area contributed by atoms with Crippen LogP contribution in [-0.4, -0.2) is 10.8 Å². The van der Waals surface area contributed by atoms with Crippen molar-refractivity contribution in [3.63, 3.8) is 0 Å². The van der Waals surface area contributed by atoms with Gasteiger partial charge in [-0.1, -0.05) is 6.07 Å². The lowest BCUT2D eigenvalue weighted by Crippen LogP contribution is -2.13. The van der Waals surface area contributed by atoms with Gasteiger partial charge in [-0.3, -0.25) is 14.9 Å². The zero-order valence-corrected chi connectivity index (χ0v) is 10.5. The Balaban J connectivity index is 2.33. The molecule has 0 heterocycles. The molecule has 0 saturated carbocycles. The van der Waals surface area contributed by atoms with Crippen molar-refractivity contribution in [2.24, 2.45) is 0 Å². The first-order chi connectivity index (χ1) is 9.88. The number of nitrogens with zero attached hydrogens (tertiary/aromatic N) is 1. The third kappa shape index (κ3) is 3.11. The topological polar surface area (TPSA) is 98.3 Å². The summed E-state index contributed by atoms with van der Waals surface area (Å²) in [5, 5.41) is 12.7. The van der Waals surface area contributed by atoms with E-state index in [1.807, 2.05) is 0 Å². The Morgan fingerprint density at radius 1 is 1.19 bits per heavy atom. The summed E-state index contributed by atoms with van der Waals surface area (Å²) in [6, 6.07) is 6.82. The lowest BCUT2D eigenvalue weighted by molar-refractivity contribution is -0.387. The number of hydrogen-bond acceptors (Lipinski definition) is 4. The molecule has 6 nitrogen and oxygen atoms in total.